The predicted octanol–water partition coefficient (Wildman–Crippen LogP) is 10.9. The minimum atomic E-state index is -0.904. The van der Waals surface area contributed by atoms with Gasteiger partial charge in [0.1, 0.15) is 0 Å². The second-order valence-corrected chi connectivity index (χ2v) is 15.4. The molecule has 0 unspecified atom stereocenters. The normalized spacial score (nSPS) is 12.0. The molecule has 0 nitrogen and oxygen atoms in total. The van der Waals surface area contributed by atoms with Crippen LogP contribution in [0.5, 0.6) is 0 Å². The standard InChI is InChI=1S/C27H58Si/c1-5-8-10-12-14-16-18-20-22-24-26-28(4,7-3)27-25-23-21-19-17-15-13-11-9-6-2/h5-27H2,1-4H3. The van der Waals surface area contributed by atoms with E-state index >= 15 is 0 Å². The molecule has 0 spiro atoms. The van der Waals surface area contributed by atoms with Crippen molar-refractivity contribution in [2.24, 2.45) is 0 Å². The van der Waals surface area contributed by atoms with Gasteiger partial charge in [-0.25, -0.2) is 0 Å². The number of rotatable bonds is 23. The van der Waals surface area contributed by atoms with Crippen LogP contribution < -0.4 is 0 Å². The Kier molecular flexibility index (Phi) is 22.1. The zero-order valence-corrected chi connectivity index (χ0v) is 21.8. The van der Waals surface area contributed by atoms with Crippen molar-refractivity contribution in [3.8, 4) is 0 Å². The number of hydrogen-bond donors (Lipinski definition) is 0. The molecule has 0 bridgehead atoms. The maximum absolute atomic E-state index is 2.70. The highest BCUT2D eigenvalue weighted by Gasteiger charge is 2.23. The molecule has 0 atom stereocenters. The Morgan fingerprint density at radius 1 is 0.357 bits per heavy atom. The maximum Gasteiger partial charge on any atom is 0.0502 e. The molecule has 28 heavy (non-hydrogen) atoms. The molecule has 0 fully saturated rings. The zero-order chi connectivity index (χ0) is 20.8. The van der Waals surface area contributed by atoms with E-state index in [0.29, 0.717) is 0 Å². The van der Waals surface area contributed by atoms with Crippen molar-refractivity contribution in [1.29, 1.82) is 0 Å². The summed E-state index contributed by atoms with van der Waals surface area (Å²) in [5.41, 5.74) is 0. The first-order chi connectivity index (χ1) is 13.7. The number of unbranched alkanes of at least 4 members (excludes halogenated alkanes) is 18. The lowest BCUT2D eigenvalue weighted by molar-refractivity contribution is 0.559. The van der Waals surface area contributed by atoms with Crippen molar-refractivity contribution in [1.82, 2.24) is 0 Å². The summed E-state index contributed by atoms with van der Waals surface area (Å²) < 4.78 is 0. The van der Waals surface area contributed by atoms with E-state index in [1.165, 1.54) is 134 Å². The van der Waals surface area contributed by atoms with Gasteiger partial charge in [-0.2, -0.15) is 0 Å². The molecule has 0 radical (unpaired) electrons. The summed E-state index contributed by atoms with van der Waals surface area (Å²) in [4.78, 5) is 0. The maximum atomic E-state index is 2.70. The lowest BCUT2D eigenvalue weighted by atomic mass is 10.1. The van der Waals surface area contributed by atoms with Crippen molar-refractivity contribution in [3.63, 3.8) is 0 Å². The Bertz CT molecular complexity index is 262. The van der Waals surface area contributed by atoms with Gasteiger partial charge in [0.25, 0.3) is 0 Å². The lowest BCUT2D eigenvalue weighted by Crippen LogP contribution is -2.28. The van der Waals surface area contributed by atoms with Crippen molar-refractivity contribution in [3.05, 3.63) is 0 Å². The van der Waals surface area contributed by atoms with Crippen LogP contribution in [0.4, 0.5) is 0 Å². The van der Waals surface area contributed by atoms with Gasteiger partial charge in [-0.05, 0) is 0 Å². The minimum absolute atomic E-state index is 0.904. The van der Waals surface area contributed by atoms with Gasteiger partial charge < -0.3 is 0 Å². The average Bonchev–Trinajstić information content (AvgIpc) is 2.71. The topological polar surface area (TPSA) is 0 Å². The molecule has 0 aliphatic carbocycles. The molecule has 0 aromatic rings. The third-order valence-corrected chi connectivity index (χ3v) is 11.9. The Balaban J connectivity index is 3.47. The molecule has 0 amide bonds. The van der Waals surface area contributed by atoms with Crippen LogP contribution in [0.25, 0.3) is 0 Å². The van der Waals surface area contributed by atoms with Gasteiger partial charge >= 0.3 is 0 Å². The van der Waals surface area contributed by atoms with Crippen LogP contribution in [0.2, 0.25) is 24.7 Å². The molecule has 0 saturated carbocycles. The molecule has 0 aromatic heterocycles. The smallest absolute Gasteiger partial charge is 0.0502 e. The Morgan fingerprint density at radius 2 is 0.607 bits per heavy atom. The fraction of sp³-hybridized carbons (Fsp3) is 1.00. The van der Waals surface area contributed by atoms with Crippen LogP contribution >= 0.6 is 0 Å². The van der Waals surface area contributed by atoms with Gasteiger partial charge in [-0.3, -0.25) is 0 Å². The Hall–Kier alpha value is 0.217. The van der Waals surface area contributed by atoms with Gasteiger partial charge in [0.05, 0.1) is 8.07 Å². The van der Waals surface area contributed by atoms with E-state index in [0.717, 1.165) is 0 Å². The van der Waals surface area contributed by atoms with Crippen LogP contribution in [-0.4, -0.2) is 8.07 Å². The van der Waals surface area contributed by atoms with Gasteiger partial charge in [-0.1, -0.05) is 174 Å². The summed E-state index contributed by atoms with van der Waals surface area (Å²) >= 11 is 0. The first-order valence-electron chi connectivity index (χ1n) is 13.7. The second-order valence-electron chi connectivity index (χ2n) is 10.0. The van der Waals surface area contributed by atoms with E-state index in [1.54, 1.807) is 12.1 Å². The minimum Gasteiger partial charge on any atom is -0.0692 e. The Labute approximate surface area is 182 Å². The summed E-state index contributed by atoms with van der Waals surface area (Å²) in [6.07, 6.45) is 29.6. The monoisotopic (exact) mass is 410 g/mol. The average molecular weight is 411 g/mol. The van der Waals surface area contributed by atoms with Crippen LogP contribution in [0.15, 0.2) is 0 Å². The fourth-order valence-corrected chi connectivity index (χ4v) is 7.72. The molecule has 0 rings (SSSR count). The highest BCUT2D eigenvalue weighted by Crippen LogP contribution is 2.27. The van der Waals surface area contributed by atoms with Crippen molar-refractivity contribution in [2.45, 2.75) is 174 Å². The second kappa shape index (κ2) is 21.9. The van der Waals surface area contributed by atoms with E-state index in [1.807, 2.05) is 0 Å². The molecule has 0 aromatic carbocycles. The van der Waals surface area contributed by atoms with Crippen molar-refractivity contribution < 1.29 is 0 Å². The third-order valence-electron chi connectivity index (χ3n) is 7.12. The summed E-state index contributed by atoms with van der Waals surface area (Å²) in [6, 6.07) is 4.73. The summed E-state index contributed by atoms with van der Waals surface area (Å²) in [6.45, 7) is 9.81. The first kappa shape index (κ1) is 28.2. The molecular weight excluding hydrogens is 352 g/mol. The molecule has 0 aliphatic rings. The van der Waals surface area contributed by atoms with Crippen LogP contribution in [0, 0.1) is 0 Å². The van der Waals surface area contributed by atoms with E-state index < -0.39 is 8.07 Å². The highest BCUT2D eigenvalue weighted by molar-refractivity contribution is 6.78. The molecule has 0 aliphatic heterocycles. The quantitative estimate of drug-likeness (QED) is 0.116. The van der Waals surface area contributed by atoms with Gasteiger partial charge in [0, 0.05) is 0 Å². The number of hydrogen-bond acceptors (Lipinski definition) is 0. The van der Waals surface area contributed by atoms with Crippen LogP contribution in [0.1, 0.15) is 149 Å². The lowest BCUT2D eigenvalue weighted by Gasteiger charge is -2.26. The van der Waals surface area contributed by atoms with Gasteiger partial charge in [0.2, 0.25) is 0 Å². The SMILES string of the molecule is CCCCCCCCCCCC[Si](C)(CC)CCCCCCCCCCCC. The van der Waals surface area contributed by atoms with Crippen molar-refractivity contribution >= 4 is 8.07 Å². The third kappa shape index (κ3) is 19.5. The molecule has 0 heterocycles. The molecule has 170 valence electrons. The molecule has 0 saturated heterocycles. The summed E-state index contributed by atoms with van der Waals surface area (Å²) in [5, 5.41) is 0. The van der Waals surface area contributed by atoms with Gasteiger partial charge in [0.15, 0.2) is 0 Å². The van der Waals surface area contributed by atoms with E-state index in [2.05, 4.69) is 27.3 Å². The molecule has 0 N–H and O–H groups in total. The largest absolute Gasteiger partial charge is 0.0692 e. The van der Waals surface area contributed by atoms with Gasteiger partial charge in [-0.15, -0.1) is 0 Å². The Morgan fingerprint density at radius 3 is 0.857 bits per heavy atom. The first-order valence-corrected chi connectivity index (χ1v) is 16.8. The predicted molar refractivity (Wildman–Crippen MR) is 135 cm³/mol. The van der Waals surface area contributed by atoms with Crippen LogP contribution in [-0.2, 0) is 0 Å². The fourth-order valence-electron chi connectivity index (χ4n) is 4.56. The zero-order valence-electron chi connectivity index (χ0n) is 20.8. The molecular formula is C27H58Si. The summed E-state index contributed by atoms with van der Waals surface area (Å²) in [7, 11) is -0.904. The highest BCUT2D eigenvalue weighted by atomic mass is 28.3. The molecule has 1 heteroatoms. The van der Waals surface area contributed by atoms with E-state index in [-0.39, 0.29) is 0 Å². The summed E-state index contributed by atoms with van der Waals surface area (Å²) in [5.74, 6) is 0. The van der Waals surface area contributed by atoms with E-state index in [4.69, 9.17) is 0 Å². The van der Waals surface area contributed by atoms with E-state index in [9.17, 15) is 0 Å². The van der Waals surface area contributed by atoms with Crippen LogP contribution in [0.3, 0.4) is 0 Å². The van der Waals surface area contributed by atoms with Crippen molar-refractivity contribution in [2.75, 3.05) is 0 Å².